The zero-order valence-electron chi connectivity index (χ0n) is 23.7. The Bertz CT molecular complexity index is 1710. The number of nitrogen functional groups attached to an aromatic ring is 1. The van der Waals surface area contributed by atoms with Crippen LogP contribution in [0.2, 0.25) is 0 Å². The molecular formula is C30H31F3N8O2. The molecule has 1 saturated heterocycles. The lowest BCUT2D eigenvalue weighted by atomic mass is 10.0. The highest BCUT2D eigenvalue weighted by atomic mass is 19.4. The minimum absolute atomic E-state index is 0.0878. The number of fused-ring (bicyclic) bond motifs is 1. The van der Waals surface area contributed by atoms with Gasteiger partial charge in [0.15, 0.2) is 11.5 Å². The van der Waals surface area contributed by atoms with Gasteiger partial charge in [-0.2, -0.15) is 18.3 Å². The summed E-state index contributed by atoms with van der Waals surface area (Å²) in [7, 11) is 3.69. The number of alkyl halides is 3. The minimum atomic E-state index is -4.78. The van der Waals surface area contributed by atoms with Gasteiger partial charge in [-0.05, 0) is 67.4 Å². The molecule has 1 aliphatic carbocycles. The lowest BCUT2D eigenvalue weighted by Gasteiger charge is -2.33. The molecule has 1 saturated carbocycles. The average Bonchev–Trinajstić information content (AvgIpc) is 3.78. The van der Waals surface area contributed by atoms with Gasteiger partial charge in [-0.25, -0.2) is 14.5 Å². The number of carbonyl (C=O) groups excluding carboxylic acids is 2. The maximum atomic E-state index is 14.0. The number of aromatic nitrogens is 3. The number of pyridine rings is 1. The highest BCUT2D eigenvalue weighted by Crippen LogP contribution is 2.43. The van der Waals surface area contributed by atoms with Crippen molar-refractivity contribution in [3.05, 3.63) is 65.4 Å². The number of rotatable bonds is 5. The first-order valence-electron chi connectivity index (χ1n) is 14.0. The molecule has 6 rings (SSSR count). The molecule has 13 heteroatoms. The smallest absolute Gasteiger partial charge is 0.382 e. The number of amides is 3. The Morgan fingerprint density at radius 2 is 1.58 bits per heavy atom. The van der Waals surface area contributed by atoms with Gasteiger partial charge < -0.3 is 26.2 Å². The molecule has 0 atom stereocenters. The van der Waals surface area contributed by atoms with Crippen LogP contribution in [0.1, 0.15) is 40.4 Å². The molecule has 3 amide bonds. The van der Waals surface area contributed by atoms with Crippen molar-refractivity contribution in [1.29, 1.82) is 0 Å². The summed E-state index contributed by atoms with van der Waals surface area (Å²) in [5, 5.41) is 10.2. The van der Waals surface area contributed by atoms with Gasteiger partial charge in [-0.3, -0.25) is 4.79 Å². The molecule has 3 heterocycles. The number of benzene rings is 2. The highest BCUT2D eigenvalue weighted by Gasteiger charge is 2.37. The van der Waals surface area contributed by atoms with E-state index in [-0.39, 0.29) is 5.69 Å². The fraction of sp³-hybridized carbons (Fsp3) is 0.333. The van der Waals surface area contributed by atoms with Crippen LogP contribution >= 0.6 is 0 Å². The number of likely N-dealkylation sites (N-methyl/N-ethyl adjacent to an activating group) is 1. The zero-order chi connectivity index (χ0) is 30.5. The summed E-state index contributed by atoms with van der Waals surface area (Å²) < 4.78 is 43.5. The number of carbonyl (C=O) groups is 2. The molecule has 2 aromatic carbocycles. The molecule has 224 valence electrons. The van der Waals surface area contributed by atoms with Crippen molar-refractivity contribution < 1.29 is 22.8 Å². The maximum Gasteiger partial charge on any atom is 0.417 e. The summed E-state index contributed by atoms with van der Waals surface area (Å²) in [6.45, 7) is 1.86. The third-order valence-corrected chi connectivity index (χ3v) is 7.89. The zero-order valence-corrected chi connectivity index (χ0v) is 23.7. The van der Waals surface area contributed by atoms with E-state index in [2.05, 4.69) is 15.7 Å². The second-order valence-corrected chi connectivity index (χ2v) is 11.1. The van der Waals surface area contributed by atoms with E-state index in [0.717, 1.165) is 47.2 Å². The Kier molecular flexibility index (Phi) is 7.20. The molecule has 43 heavy (non-hydrogen) atoms. The normalized spacial score (nSPS) is 16.0. The van der Waals surface area contributed by atoms with Gasteiger partial charge in [0.05, 0.1) is 16.5 Å². The molecule has 0 radical (unpaired) electrons. The van der Waals surface area contributed by atoms with Crippen LogP contribution < -0.4 is 16.4 Å². The SMILES string of the molecule is CN1CCN(C(=O)c2ccc(NC(=O)Nc3ccc(-c4cc(C5CC5)nc5c4c(N)nn5C)cc3)cc2C(F)(F)F)CC1. The number of piperazine rings is 1. The van der Waals surface area contributed by atoms with E-state index in [1.54, 1.807) is 23.9 Å². The molecule has 2 fully saturated rings. The van der Waals surface area contributed by atoms with Crippen molar-refractivity contribution in [3.63, 3.8) is 0 Å². The number of aryl methyl sites for hydroxylation is 1. The van der Waals surface area contributed by atoms with E-state index >= 15 is 0 Å². The number of anilines is 3. The molecule has 0 bridgehead atoms. The van der Waals surface area contributed by atoms with Crippen molar-refractivity contribution in [2.75, 3.05) is 49.6 Å². The molecule has 4 aromatic rings. The van der Waals surface area contributed by atoms with Gasteiger partial charge >= 0.3 is 12.2 Å². The maximum absolute atomic E-state index is 14.0. The molecular weight excluding hydrogens is 561 g/mol. The molecule has 2 aromatic heterocycles. The summed E-state index contributed by atoms with van der Waals surface area (Å²) >= 11 is 0. The van der Waals surface area contributed by atoms with Crippen molar-refractivity contribution in [3.8, 4) is 11.1 Å². The van der Waals surface area contributed by atoms with Gasteiger partial charge in [0.2, 0.25) is 0 Å². The fourth-order valence-corrected chi connectivity index (χ4v) is 5.36. The predicted octanol–water partition coefficient (Wildman–Crippen LogP) is 5.15. The summed E-state index contributed by atoms with van der Waals surface area (Å²) in [5.41, 5.74) is 8.45. The monoisotopic (exact) mass is 592 g/mol. The van der Waals surface area contributed by atoms with Crippen LogP contribution in [0, 0.1) is 0 Å². The Balaban J connectivity index is 1.18. The van der Waals surface area contributed by atoms with Gasteiger partial charge in [0.1, 0.15) is 0 Å². The highest BCUT2D eigenvalue weighted by molar-refractivity contribution is 6.02. The van der Waals surface area contributed by atoms with Crippen LogP contribution in [0.3, 0.4) is 0 Å². The van der Waals surface area contributed by atoms with Crippen LogP contribution in [0.4, 0.5) is 35.2 Å². The lowest BCUT2D eigenvalue weighted by molar-refractivity contribution is -0.138. The Labute approximate surface area is 245 Å². The number of halogens is 3. The largest absolute Gasteiger partial charge is 0.417 e. The van der Waals surface area contributed by atoms with E-state index < -0.39 is 29.2 Å². The van der Waals surface area contributed by atoms with Crippen LogP contribution in [0.15, 0.2) is 48.5 Å². The van der Waals surface area contributed by atoms with Gasteiger partial charge in [-0.1, -0.05) is 12.1 Å². The molecule has 1 aliphatic heterocycles. The Morgan fingerprint density at radius 3 is 2.23 bits per heavy atom. The summed E-state index contributed by atoms with van der Waals surface area (Å²) in [6.07, 6.45) is -2.61. The van der Waals surface area contributed by atoms with Crippen LogP contribution in [-0.4, -0.2) is 69.7 Å². The van der Waals surface area contributed by atoms with Gasteiger partial charge in [0.25, 0.3) is 5.91 Å². The third-order valence-electron chi connectivity index (χ3n) is 7.89. The van der Waals surface area contributed by atoms with E-state index in [4.69, 9.17) is 10.7 Å². The Hall–Kier alpha value is -4.65. The van der Waals surface area contributed by atoms with Crippen molar-refractivity contribution in [2.24, 2.45) is 7.05 Å². The number of hydrogen-bond donors (Lipinski definition) is 3. The molecule has 0 spiro atoms. The van der Waals surface area contributed by atoms with E-state index in [1.165, 1.54) is 11.0 Å². The Morgan fingerprint density at radius 1 is 0.930 bits per heavy atom. The molecule has 2 aliphatic rings. The molecule has 0 unspecified atom stereocenters. The van der Waals surface area contributed by atoms with Crippen molar-refractivity contribution in [2.45, 2.75) is 24.9 Å². The van der Waals surface area contributed by atoms with Crippen LogP contribution in [0.25, 0.3) is 22.2 Å². The van der Waals surface area contributed by atoms with Crippen molar-refractivity contribution in [1.82, 2.24) is 24.6 Å². The first-order valence-corrected chi connectivity index (χ1v) is 14.0. The lowest BCUT2D eigenvalue weighted by Crippen LogP contribution is -2.47. The topological polar surface area (TPSA) is 121 Å². The number of urea groups is 1. The van der Waals surface area contributed by atoms with E-state index in [1.807, 2.05) is 30.1 Å². The molecule has 10 nitrogen and oxygen atoms in total. The second kappa shape index (κ2) is 10.9. The first kappa shape index (κ1) is 28.5. The summed E-state index contributed by atoms with van der Waals surface area (Å²) in [4.78, 5) is 33.8. The first-order chi connectivity index (χ1) is 20.5. The standard InChI is InChI=1S/C30H31F3N8O2/c1-39-11-13-41(14-12-39)28(42)21-10-9-20(15-23(21)30(31,32)33)36-29(43)35-19-7-5-17(6-8-19)22-16-24(18-3-4-18)37-27-25(22)26(34)38-40(27)2/h5-10,15-16,18H,3-4,11-14H2,1-2H3,(H2,34,38)(H2,35,36,43). The quantitative estimate of drug-likeness (QED) is 0.295. The molecule has 4 N–H and O–H groups in total. The van der Waals surface area contributed by atoms with Gasteiger partial charge in [0, 0.05) is 56.2 Å². The number of nitrogens with one attached hydrogen (secondary N) is 2. The average molecular weight is 593 g/mol. The third kappa shape index (κ3) is 5.85. The van der Waals surface area contributed by atoms with Gasteiger partial charge in [-0.15, -0.1) is 0 Å². The van der Waals surface area contributed by atoms with E-state index in [9.17, 15) is 22.8 Å². The van der Waals surface area contributed by atoms with E-state index in [0.29, 0.717) is 49.2 Å². The fourth-order valence-electron chi connectivity index (χ4n) is 5.36. The minimum Gasteiger partial charge on any atom is -0.382 e. The predicted molar refractivity (Wildman–Crippen MR) is 158 cm³/mol. The number of hydrogen-bond acceptors (Lipinski definition) is 6. The second-order valence-electron chi connectivity index (χ2n) is 11.1. The summed E-state index contributed by atoms with van der Waals surface area (Å²) in [5.74, 6) is 0.111. The van der Waals surface area contributed by atoms with Crippen LogP contribution in [0.5, 0.6) is 0 Å². The van der Waals surface area contributed by atoms with Crippen molar-refractivity contribution >= 4 is 40.2 Å². The van der Waals surface area contributed by atoms with Crippen LogP contribution in [-0.2, 0) is 13.2 Å². The number of nitrogens with two attached hydrogens (primary N) is 1. The number of nitrogens with zero attached hydrogens (tertiary/aromatic N) is 5. The summed E-state index contributed by atoms with van der Waals surface area (Å²) in [6, 6.07) is 11.6.